The number of anilines is 1. The van der Waals surface area contributed by atoms with E-state index in [0.717, 1.165) is 4.90 Å². The van der Waals surface area contributed by atoms with Crippen LogP contribution in [0.25, 0.3) is 0 Å². The number of ether oxygens (including phenoxy) is 4. The molecule has 1 N–H and O–H groups in total. The molecule has 0 aromatic heterocycles. The van der Waals surface area contributed by atoms with Crippen molar-refractivity contribution in [3.05, 3.63) is 42.0 Å². The van der Waals surface area contributed by atoms with E-state index in [2.05, 4.69) is 14.8 Å². The number of thioether (sulfide) groups is 1. The van der Waals surface area contributed by atoms with Gasteiger partial charge >= 0.3 is 12.3 Å². The average Bonchev–Trinajstić information content (AvgIpc) is 2.98. The molecule has 0 radical (unpaired) electrons. The van der Waals surface area contributed by atoms with Gasteiger partial charge in [0, 0.05) is 16.6 Å². The molecule has 1 heterocycles. The summed E-state index contributed by atoms with van der Waals surface area (Å²) in [6.07, 6.45) is -1.86. The maximum atomic E-state index is 13.0. The molecule has 7 nitrogen and oxygen atoms in total. The van der Waals surface area contributed by atoms with Gasteiger partial charge in [0.25, 0.3) is 5.91 Å². The van der Waals surface area contributed by atoms with E-state index in [9.17, 15) is 18.4 Å². The number of fused-ring (bicyclic) bond motifs is 1. The lowest BCUT2D eigenvalue weighted by molar-refractivity contribution is -0.286. The number of hydrogen-bond acceptors (Lipinski definition) is 7. The summed E-state index contributed by atoms with van der Waals surface area (Å²) < 4.78 is 44.8. The van der Waals surface area contributed by atoms with E-state index in [1.807, 2.05) is 6.26 Å². The largest absolute Gasteiger partial charge is 0.586 e. The Morgan fingerprint density at radius 1 is 1.14 bits per heavy atom. The zero-order valence-corrected chi connectivity index (χ0v) is 15.6. The lowest BCUT2D eigenvalue weighted by Gasteiger charge is -2.10. The summed E-state index contributed by atoms with van der Waals surface area (Å²) in [4.78, 5) is 25.1. The van der Waals surface area contributed by atoms with Crippen LogP contribution in [0.5, 0.6) is 17.2 Å². The van der Waals surface area contributed by atoms with Gasteiger partial charge in [0.15, 0.2) is 18.1 Å². The Kier molecular flexibility index (Phi) is 5.59. The first-order valence-corrected chi connectivity index (χ1v) is 9.12. The number of nitrogens with one attached hydrogen (secondary N) is 1. The summed E-state index contributed by atoms with van der Waals surface area (Å²) in [5.41, 5.74) is 0.362. The predicted octanol–water partition coefficient (Wildman–Crippen LogP) is 3.53. The van der Waals surface area contributed by atoms with E-state index in [1.165, 1.54) is 37.1 Å². The number of alkyl halides is 2. The molecule has 0 bridgehead atoms. The van der Waals surface area contributed by atoms with E-state index < -0.39 is 24.8 Å². The highest BCUT2D eigenvalue weighted by Crippen LogP contribution is 2.42. The zero-order chi connectivity index (χ0) is 20.3. The van der Waals surface area contributed by atoms with Crippen LogP contribution in [-0.2, 0) is 9.53 Å². The molecule has 0 spiro atoms. The van der Waals surface area contributed by atoms with Gasteiger partial charge in [0.05, 0.1) is 7.11 Å². The number of carbonyl (C=O) groups excluding carboxylic acids is 2. The van der Waals surface area contributed by atoms with Crippen molar-refractivity contribution in [2.24, 2.45) is 0 Å². The van der Waals surface area contributed by atoms with Gasteiger partial charge < -0.3 is 24.3 Å². The topological polar surface area (TPSA) is 83.1 Å². The fourth-order valence-electron chi connectivity index (χ4n) is 2.40. The fourth-order valence-corrected chi connectivity index (χ4v) is 2.83. The van der Waals surface area contributed by atoms with Gasteiger partial charge in [-0.25, -0.2) is 4.79 Å². The van der Waals surface area contributed by atoms with Gasteiger partial charge in [-0.3, -0.25) is 4.79 Å². The smallest absolute Gasteiger partial charge is 0.496 e. The molecule has 3 rings (SSSR count). The van der Waals surface area contributed by atoms with Crippen LogP contribution in [0.4, 0.5) is 14.5 Å². The van der Waals surface area contributed by atoms with Crippen molar-refractivity contribution < 1.29 is 37.3 Å². The molecule has 0 atom stereocenters. The Balaban J connectivity index is 1.59. The highest BCUT2D eigenvalue weighted by Gasteiger charge is 2.43. The number of amides is 1. The number of methoxy groups -OCH3 is 1. The normalized spacial score (nSPS) is 13.7. The molecule has 0 saturated heterocycles. The number of carbonyl (C=O) groups is 2. The molecule has 0 fully saturated rings. The van der Waals surface area contributed by atoms with Crippen molar-refractivity contribution in [3.63, 3.8) is 0 Å². The second kappa shape index (κ2) is 7.93. The minimum Gasteiger partial charge on any atom is -0.496 e. The van der Waals surface area contributed by atoms with Gasteiger partial charge in [-0.1, -0.05) is 0 Å². The summed E-state index contributed by atoms with van der Waals surface area (Å²) >= 11 is 1.48. The second-order valence-corrected chi connectivity index (χ2v) is 6.40. The third kappa shape index (κ3) is 4.45. The van der Waals surface area contributed by atoms with Gasteiger partial charge in [-0.15, -0.1) is 20.5 Å². The van der Waals surface area contributed by atoms with Crippen molar-refractivity contribution in [1.29, 1.82) is 0 Å². The van der Waals surface area contributed by atoms with E-state index in [0.29, 0.717) is 5.75 Å². The molecule has 1 aliphatic rings. The minimum atomic E-state index is -3.74. The van der Waals surface area contributed by atoms with Gasteiger partial charge in [0.2, 0.25) is 0 Å². The Hall–Kier alpha value is -3.01. The van der Waals surface area contributed by atoms with Crippen molar-refractivity contribution >= 4 is 29.3 Å². The maximum Gasteiger partial charge on any atom is 0.586 e. The third-order valence-corrected chi connectivity index (χ3v) is 4.37. The van der Waals surface area contributed by atoms with Gasteiger partial charge in [-0.05, 0) is 36.6 Å². The Morgan fingerprint density at radius 2 is 1.89 bits per heavy atom. The second-order valence-electron chi connectivity index (χ2n) is 5.52. The highest BCUT2D eigenvalue weighted by molar-refractivity contribution is 7.98. The van der Waals surface area contributed by atoms with Crippen molar-refractivity contribution in [1.82, 2.24) is 0 Å². The predicted molar refractivity (Wildman–Crippen MR) is 96.3 cm³/mol. The first kappa shape index (κ1) is 19.7. The number of rotatable bonds is 6. The average molecular weight is 411 g/mol. The molecule has 10 heteroatoms. The van der Waals surface area contributed by atoms with E-state index in [-0.39, 0.29) is 22.7 Å². The van der Waals surface area contributed by atoms with Crippen LogP contribution in [-0.4, -0.2) is 38.1 Å². The molecular weight excluding hydrogens is 396 g/mol. The summed E-state index contributed by atoms with van der Waals surface area (Å²) in [5.74, 6) is -1.41. The molecule has 0 aliphatic carbocycles. The first-order chi connectivity index (χ1) is 13.3. The quantitative estimate of drug-likeness (QED) is 0.575. The highest BCUT2D eigenvalue weighted by atomic mass is 32.2. The number of esters is 1. The van der Waals surface area contributed by atoms with Crippen molar-refractivity contribution in [2.75, 3.05) is 25.3 Å². The van der Waals surface area contributed by atoms with Crippen LogP contribution in [0, 0.1) is 0 Å². The minimum absolute atomic E-state index is 0.143. The first-order valence-electron chi connectivity index (χ1n) is 7.90. The van der Waals surface area contributed by atoms with E-state index in [1.54, 1.807) is 18.2 Å². The summed E-state index contributed by atoms with van der Waals surface area (Å²) in [7, 11) is 1.42. The lowest BCUT2D eigenvalue weighted by Crippen LogP contribution is -2.25. The SMILES string of the molecule is COc1cc(SC)ccc1C(=O)OCC(=O)Nc1ccc2c(c1)OC(F)(F)O2. The summed E-state index contributed by atoms with van der Waals surface area (Å²) in [6, 6.07) is 8.72. The molecule has 28 heavy (non-hydrogen) atoms. The van der Waals surface area contributed by atoms with Crippen LogP contribution in [0.1, 0.15) is 10.4 Å². The van der Waals surface area contributed by atoms with Gasteiger partial charge in [0.1, 0.15) is 11.3 Å². The standard InChI is InChI=1S/C18H15F2NO6S/c1-24-14-8-11(28-2)4-5-12(14)17(23)25-9-16(22)21-10-3-6-13-15(7-10)27-18(19,20)26-13/h3-8H,9H2,1-2H3,(H,21,22). The van der Waals surface area contributed by atoms with E-state index >= 15 is 0 Å². The third-order valence-electron chi connectivity index (χ3n) is 3.65. The molecule has 148 valence electrons. The Labute approximate surface area is 162 Å². The van der Waals surface area contributed by atoms with Crippen LogP contribution < -0.4 is 19.5 Å². The molecular formula is C18H15F2NO6S. The summed E-state index contributed by atoms with van der Waals surface area (Å²) in [6.45, 7) is -0.573. The number of benzene rings is 2. The Morgan fingerprint density at radius 3 is 2.61 bits per heavy atom. The van der Waals surface area contributed by atoms with Crippen molar-refractivity contribution in [3.8, 4) is 17.2 Å². The van der Waals surface area contributed by atoms with Gasteiger partial charge in [-0.2, -0.15) is 0 Å². The van der Waals surface area contributed by atoms with Crippen LogP contribution in [0.3, 0.4) is 0 Å². The fraction of sp³-hybridized carbons (Fsp3) is 0.222. The molecule has 0 saturated carbocycles. The lowest BCUT2D eigenvalue weighted by atomic mass is 10.2. The monoisotopic (exact) mass is 411 g/mol. The van der Waals surface area contributed by atoms with Crippen LogP contribution in [0.2, 0.25) is 0 Å². The molecule has 0 unspecified atom stereocenters. The van der Waals surface area contributed by atoms with E-state index in [4.69, 9.17) is 9.47 Å². The van der Waals surface area contributed by atoms with Crippen molar-refractivity contribution in [2.45, 2.75) is 11.2 Å². The van der Waals surface area contributed by atoms with Crippen LogP contribution in [0.15, 0.2) is 41.3 Å². The molecule has 2 aromatic carbocycles. The maximum absolute atomic E-state index is 13.0. The molecule has 1 amide bonds. The molecule has 2 aromatic rings. The zero-order valence-electron chi connectivity index (χ0n) is 14.8. The number of hydrogen-bond donors (Lipinski definition) is 1. The Bertz CT molecular complexity index is 921. The number of halogens is 2. The van der Waals surface area contributed by atoms with Crippen LogP contribution >= 0.6 is 11.8 Å². The molecule has 1 aliphatic heterocycles. The summed E-state index contributed by atoms with van der Waals surface area (Å²) in [5, 5.41) is 2.42.